The van der Waals surface area contributed by atoms with Crippen LogP contribution in [-0.2, 0) is 36.5 Å². The minimum absolute atomic E-state index is 0.130. The van der Waals surface area contributed by atoms with Gasteiger partial charge >= 0.3 is 0 Å². The average molecular weight is 500 g/mol. The Kier molecular flexibility index (Phi) is 6.62. The van der Waals surface area contributed by atoms with Gasteiger partial charge in [-0.15, -0.1) is 0 Å². The summed E-state index contributed by atoms with van der Waals surface area (Å²) in [6, 6.07) is 9.21. The van der Waals surface area contributed by atoms with Gasteiger partial charge in [0, 0.05) is 29.5 Å². The van der Waals surface area contributed by atoms with Crippen molar-refractivity contribution in [3.05, 3.63) is 58.7 Å². The van der Waals surface area contributed by atoms with E-state index in [1.54, 1.807) is 43.3 Å². The van der Waals surface area contributed by atoms with Crippen LogP contribution in [0.25, 0.3) is 0 Å². The van der Waals surface area contributed by atoms with Crippen molar-refractivity contribution in [3.8, 4) is 5.75 Å². The molecule has 2 aliphatic heterocycles. The van der Waals surface area contributed by atoms with Crippen molar-refractivity contribution >= 4 is 39.2 Å². The summed E-state index contributed by atoms with van der Waals surface area (Å²) < 4.78 is 29.0. The van der Waals surface area contributed by atoms with Crippen LogP contribution in [0.2, 0.25) is 0 Å². The third-order valence-electron chi connectivity index (χ3n) is 6.04. The Balaban J connectivity index is 1.43. The molecule has 0 saturated carbocycles. The number of hydrogen-bond acceptors (Lipinski definition) is 7. The highest BCUT2D eigenvalue weighted by atomic mass is 32.2. The van der Waals surface area contributed by atoms with Gasteiger partial charge in [-0.05, 0) is 42.7 Å². The first kappa shape index (κ1) is 24.4. The molecule has 2 aliphatic rings. The van der Waals surface area contributed by atoms with Gasteiger partial charge in [-0.2, -0.15) is 0 Å². The van der Waals surface area contributed by atoms with Gasteiger partial charge in [0.05, 0.1) is 12.3 Å². The van der Waals surface area contributed by atoms with E-state index in [2.05, 4.69) is 10.6 Å². The molecule has 11 heteroatoms. The number of carbonyl (C=O) groups is 4. The fourth-order valence-corrected chi connectivity index (χ4v) is 5.16. The average Bonchev–Trinajstić information content (AvgIpc) is 3.11. The topological polar surface area (TPSA) is 139 Å². The zero-order valence-electron chi connectivity index (χ0n) is 19.3. The van der Waals surface area contributed by atoms with Crippen LogP contribution in [0.4, 0.5) is 5.69 Å². The second kappa shape index (κ2) is 9.49. The van der Waals surface area contributed by atoms with E-state index in [1.807, 2.05) is 0 Å². The fourth-order valence-electron chi connectivity index (χ4n) is 4.28. The van der Waals surface area contributed by atoms with Crippen LogP contribution < -0.4 is 15.4 Å². The molecular formula is C24H25N3O7S. The maximum Gasteiger partial charge on any atom is 0.262 e. The van der Waals surface area contributed by atoms with Gasteiger partial charge in [0.25, 0.3) is 11.8 Å². The number of nitrogens with one attached hydrogen (secondary N) is 2. The van der Waals surface area contributed by atoms with Crippen molar-refractivity contribution in [1.29, 1.82) is 0 Å². The van der Waals surface area contributed by atoms with Gasteiger partial charge in [0.1, 0.15) is 11.8 Å². The molecular weight excluding hydrogens is 474 g/mol. The molecule has 1 saturated heterocycles. The number of sulfone groups is 1. The second-order valence-electron chi connectivity index (χ2n) is 8.68. The lowest BCUT2D eigenvalue weighted by molar-refractivity contribution is -0.137. The van der Waals surface area contributed by atoms with E-state index in [-0.39, 0.29) is 43.6 Å². The normalized spacial score (nSPS) is 17.7. The van der Waals surface area contributed by atoms with Crippen molar-refractivity contribution in [1.82, 2.24) is 10.2 Å². The van der Waals surface area contributed by atoms with Crippen molar-refractivity contribution in [2.75, 3.05) is 18.2 Å². The van der Waals surface area contributed by atoms with Crippen LogP contribution in [0.15, 0.2) is 36.4 Å². The molecule has 2 aromatic carbocycles. The standard InChI is InChI=1S/C24H25N3O7S/c1-14-15(13-35(2,32)33)5-3-7-18(14)25-22(29)12-34-20-8-4-6-16-17(20)11-27(24(16)31)19-9-10-21(28)26-23(19)30/h3-8,19H,9-13H2,1-2H3,(H,25,29)(H,26,28,30). The molecule has 0 bridgehead atoms. The highest BCUT2D eigenvalue weighted by Crippen LogP contribution is 2.33. The minimum Gasteiger partial charge on any atom is -0.483 e. The molecule has 0 spiro atoms. The van der Waals surface area contributed by atoms with Crippen molar-refractivity contribution < 1.29 is 32.3 Å². The molecule has 184 valence electrons. The van der Waals surface area contributed by atoms with Crippen LogP contribution in [0.1, 0.15) is 39.9 Å². The molecule has 1 fully saturated rings. The number of hydrogen-bond donors (Lipinski definition) is 2. The summed E-state index contributed by atoms with van der Waals surface area (Å²) in [6.07, 6.45) is 1.56. The summed E-state index contributed by atoms with van der Waals surface area (Å²) in [5.41, 5.74) is 2.69. The Morgan fingerprint density at radius 1 is 1.17 bits per heavy atom. The first-order valence-corrected chi connectivity index (χ1v) is 13.0. The van der Waals surface area contributed by atoms with Crippen molar-refractivity contribution in [2.45, 2.75) is 38.1 Å². The van der Waals surface area contributed by atoms with E-state index < -0.39 is 27.7 Å². The number of ether oxygens (including phenoxy) is 1. The molecule has 0 aliphatic carbocycles. The molecule has 0 radical (unpaired) electrons. The molecule has 2 heterocycles. The number of piperidine rings is 1. The van der Waals surface area contributed by atoms with E-state index in [1.165, 1.54) is 4.90 Å². The number of fused-ring (bicyclic) bond motifs is 1. The molecule has 4 amide bonds. The van der Waals surface area contributed by atoms with E-state index in [0.29, 0.717) is 33.7 Å². The number of amides is 4. The quantitative estimate of drug-likeness (QED) is 0.548. The lowest BCUT2D eigenvalue weighted by Gasteiger charge is -2.29. The number of rotatable bonds is 7. The summed E-state index contributed by atoms with van der Waals surface area (Å²) in [5.74, 6) is -1.42. The molecule has 2 aromatic rings. The van der Waals surface area contributed by atoms with Gasteiger partial charge in [-0.25, -0.2) is 8.42 Å². The summed E-state index contributed by atoms with van der Waals surface area (Å²) in [4.78, 5) is 50.6. The number of nitrogens with zero attached hydrogens (tertiary/aromatic N) is 1. The lowest BCUT2D eigenvalue weighted by atomic mass is 10.0. The lowest BCUT2D eigenvalue weighted by Crippen LogP contribution is -2.52. The third kappa shape index (κ3) is 5.35. The van der Waals surface area contributed by atoms with Gasteiger partial charge in [-0.3, -0.25) is 24.5 Å². The highest BCUT2D eigenvalue weighted by Gasteiger charge is 2.40. The predicted octanol–water partition coefficient (Wildman–Crippen LogP) is 1.32. The van der Waals surface area contributed by atoms with Gasteiger partial charge in [0.15, 0.2) is 16.4 Å². The smallest absolute Gasteiger partial charge is 0.262 e. The number of anilines is 1. The number of imide groups is 1. The zero-order valence-corrected chi connectivity index (χ0v) is 20.1. The van der Waals surface area contributed by atoms with Gasteiger partial charge in [0.2, 0.25) is 11.8 Å². The summed E-state index contributed by atoms with van der Waals surface area (Å²) in [7, 11) is -3.23. The van der Waals surface area contributed by atoms with Gasteiger partial charge in [-0.1, -0.05) is 18.2 Å². The molecule has 1 unspecified atom stereocenters. The summed E-state index contributed by atoms with van der Waals surface area (Å²) >= 11 is 0. The highest BCUT2D eigenvalue weighted by molar-refractivity contribution is 7.89. The van der Waals surface area contributed by atoms with Crippen LogP contribution >= 0.6 is 0 Å². The van der Waals surface area contributed by atoms with Crippen LogP contribution in [0.3, 0.4) is 0 Å². The summed E-state index contributed by atoms with van der Waals surface area (Å²) in [6.45, 7) is 1.53. The molecule has 0 aromatic heterocycles. The molecule has 2 N–H and O–H groups in total. The van der Waals surface area contributed by atoms with Gasteiger partial charge < -0.3 is 15.0 Å². The van der Waals surface area contributed by atoms with Crippen LogP contribution in [0, 0.1) is 6.92 Å². The molecule has 1 atom stereocenters. The maximum atomic E-state index is 12.9. The van der Waals surface area contributed by atoms with Crippen molar-refractivity contribution in [2.24, 2.45) is 0 Å². The molecule has 35 heavy (non-hydrogen) atoms. The van der Waals surface area contributed by atoms with E-state index >= 15 is 0 Å². The Morgan fingerprint density at radius 2 is 1.91 bits per heavy atom. The Hall–Kier alpha value is -3.73. The van der Waals surface area contributed by atoms with E-state index in [9.17, 15) is 27.6 Å². The second-order valence-corrected chi connectivity index (χ2v) is 10.8. The number of carbonyl (C=O) groups excluding carboxylic acids is 4. The monoisotopic (exact) mass is 499 g/mol. The summed E-state index contributed by atoms with van der Waals surface area (Å²) in [5, 5.41) is 5.00. The van der Waals surface area contributed by atoms with E-state index in [4.69, 9.17) is 4.74 Å². The fraction of sp³-hybridized carbons (Fsp3) is 0.333. The SMILES string of the molecule is Cc1c(CS(C)(=O)=O)cccc1NC(=O)COc1cccc2c1CN(C1CCC(=O)NC1=O)C2=O. The van der Waals surface area contributed by atoms with Crippen LogP contribution in [-0.4, -0.2) is 55.9 Å². The Bertz CT molecular complexity index is 1340. The number of benzene rings is 2. The first-order valence-electron chi connectivity index (χ1n) is 11.0. The van der Waals surface area contributed by atoms with Crippen molar-refractivity contribution in [3.63, 3.8) is 0 Å². The van der Waals surface area contributed by atoms with E-state index in [0.717, 1.165) is 6.26 Å². The Morgan fingerprint density at radius 3 is 2.63 bits per heavy atom. The predicted molar refractivity (Wildman–Crippen MR) is 126 cm³/mol. The Labute approximate surface area is 202 Å². The zero-order chi connectivity index (χ0) is 25.3. The largest absolute Gasteiger partial charge is 0.483 e. The maximum absolute atomic E-state index is 12.9. The molecule has 10 nitrogen and oxygen atoms in total. The minimum atomic E-state index is -3.23. The van der Waals surface area contributed by atoms with Crippen LogP contribution in [0.5, 0.6) is 5.75 Å². The third-order valence-corrected chi connectivity index (χ3v) is 6.87. The first-order chi connectivity index (χ1) is 16.5. The molecule has 4 rings (SSSR count).